The van der Waals surface area contributed by atoms with Gasteiger partial charge in [0.2, 0.25) is 0 Å². The van der Waals surface area contributed by atoms with Crippen LogP contribution in [0.5, 0.6) is 0 Å². The average Bonchev–Trinajstić information content (AvgIpc) is 3.19. The van der Waals surface area contributed by atoms with Gasteiger partial charge in [-0.2, -0.15) is 0 Å². The summed E-state index contributed by atoms with van der Waals surface area (Å²) in [5, 5.41) is 11.9. The molecule has 1 aliphatic rings. The molecule has 0 fully saturated rings. The number of hydrogen-bond acceptors (Lipinski definition) is 5. The Morgan fingerprint density at radius 1 is 0.914 bits per heavy atom. The number of carboxylic acid groups (broad SMARTS) is 1. The number of carboxylic acids is 1. The summed E-state index contributed by atoms with van der Waals surface area (Å²) in [6, 6.07) is 23.2. The van der Waals surface area contributed by atoms with Crippen molar-refractivity contribution >= 4 is 23.7 Å². The van der Waals surface area contributed by atoms with Gasteiger partial charge in [-0.15, -0.1) is 0 Å². The molecule has 0 saturated carbocycles. The second kappa shape index (κ2) is 10.8. The van der Waals surface area contributed by atoms with Crippen LogP contribution in [0.4, 0.5) is 10.5 Å². The third kappa shape index (κ3) is 5.33. The zero-order chi connectivity index (χ0) is 24.8. The standard InChI is InChI=1S/C27H26N2O6/c1-34-17-24(26(32)29(15-25(30)31)18-9-3-2-4-10-18)28-27(33)35-16-23-21-13-7-5-11-19(21)20-12-6-8-14-22(20)23/h2-14,23-24H,15-17H2,1H3,(H,28,33)(H,30,31). The maximum atomic E-state index is 13.2. The summed E-state index contributed by atoms with van der Waals surface area (Å²) < 4.78 is 10.7. The minimum atomic E-state index is -1.18. The van der Waals surface area contributed by atoms with Gasteiger partial charge >= 0.3 is 12.1 Å². The summed E-state index contributed by atoms with van der Waals surface area (Å²) in [7, 11) is 1.39. The number of fused-ring (bicyclic) bond motifs is 3. The van der Waals surface area contributed by atoms with Gasteiger partial charge in [-0.05, 0) is 34.4 Å². The molecule has 0 radical (unpaired) electrons. The molecule has 0 aliphatic heterocycles. The number of amides is 2. The van der Waals surface area contributed by atoms with E-state index in [4.69, 9.17) is 9.47 Å². The molecule has 1 unspecified atom stereocenters. The van der Waals surface area contributed by atoms with E-state index in [1.807, 2.05) is 48.5 Å². The van der Waals surface area contributed by atoms with E-state index in [1.54, 1.807) is 30.3 Å². The molecular weight excluding hydrogens is 448 g/mol. The monoisotopic (exact) mass is 474 g/mol. The van der Waals surface area contributed by atoms with Crippen LogP contribution in [0.15, 0.2) is 78.9 Å². The number of methoxy groups -OCH3 is 1. The van der Waals surface area contributed by atoms with Crippen LogP contribution >= 0.6 is 0 Å². The number of ether oxygens (including phenoxy) is 2. The number of carbonyl (C=O) groups excluding carboxylic acids is 2. The molecule has 1 aliphatic carbocycles. The number of nitrogens with one attached hydrogen (secondary N) is 1. The molecule has 2 amide bonds. The molecule has 35 heavy (non-hydrogen) atoms. The number of para-hydroxylation sites is 1. The predicted molar refractivity (Wildman–Crippen MR) is 130 cm³/mol. The normalized spacial score (nSPS) is 12.8. The lowest BCUT2D eigenvalue weighted by Crippen LogP contribution is -2.52. The number of benzene rings is 3. The predicted octanol–water partition coefficient (Wildman–Crippen LogP) is 3.66. The highest BCUT2D eigenvalue weighted by Crippen LogP contribution is 2.44. The number of aliphatic carboxylic acids is 1. The SMILES string of the molecule is COCC(NC(=O)OCC1c2ccccc2-c2ccccc21)C(=O)N(CC(=O)O)c1ccccc1. The zero-order valence-corrected chi connectivity index (χ0v) is 19.2. The molecule has 0 bridgehead atoms. The van der Waals surface area contributed by atoms with Gasteiger partial charge in [0.1, 0.15) is 19.2 Å². The number of nitrogens with zero attached hydrogens (tertiary/aromatic N) is 1. The summed E-state index contributed by atoms with van der Waals surface area (Å²) in [4.78, 5) is 38.4. The largest absolute Gasteiger partial charge is 0.480 e. The number of rotatable bonds is 9. The van der Waals surface area contributed by atoms with Crippen molar-refractivity contribution in [3.63, 3.8) is 0 Å². The maximum absolute atomic E-state index is 13.2. The van der Waals surface area contributed by atoms with Crippen molar-refractivity contribution in [1.82, 2.24) is 5.32 Å². The molecule has 0 heterocycles. The number of alkyl carbamates (subject to hydrolysis) is 1. The lowest BCUT2D eigenvalue weighted by atomic mass is 9.98. The van der Waals surface area contributed by atoms with Crippen molar-refractivity contribution in [3.05, 3.63) is 90.0 Å². The Labute approximate surface area is 203 Å². The highest BCUT2D eigenvalue weighted by molar-refractivity contribution is 6.01. The van der Waals surface area contributed by atoms with Gasteiger partial charge in [-0.1, -0.05) is 66.7 Å². The first-order valence-electron chi connectivity index (χ1n) is 11.2. The fourth-order valence-corrected chi connectivity index (χ4v) is 4.35. The molecule has 3 aromatic carbocycles. The van der Waals surface area contributed by atoms with Gasteiger partial charge in [0, 0.05) is 18.7 Å². The Hall–Kier alpha value is -4.17. The molecule has 180 valence electrons. The summed E-state index contributed by atoms with van der Waals surface area (Å²) in [6.07, 6.45) is -0.786. The molecule has 1 atom stereocenters. The Morgan fingerprint density at radius 3 is 2.06 bits per heavy atom. The van der Waals surface area contributed by atoms with E-state index in [1.165, 1.54) is 7.11 Å². The summed E-state index contributed by atoms with van der Waals surface area (Å²) in [5.41, 5.74) is 4.76. The van der Waals surface area contributed by atoms with Crippen molar-refractivity contribution in [2.75, 3.05) is 31.8 Å². The lowest BCUT2D eigenvalue weighted by Gasteiger charge is -2.26. The van der Waals surface area contributed by atoms with E-state index < -0.39 is 30.6 Å². The fourth-order valence-electron chi connectivity index (χ4n) is 4.35. The van der Waals surface area contributed by atoms with E-state index in [0.29, 0.717) is 5.69 Å². The van der Waals surface area contributed by atoms with Crippen LogP contribution < -0.4 is 10.2 Å². The van der Waals surface area contributed by atoms with Gasteiger partial charge in [-0.25, -0.2) is 4.79 Å². The minimum Gasteiger partial charge on any atom is -0.480 e. The van der Waals surface area contributed by atoms with Gasteiger partial charge in [-0.3, -0.25) is 14.5 Å². The topological polar surface area (TPSA) is 105 Å². The molecule has 3 aromatic rings. The van der Waals surface area contributed by atoms with Gasteiger partial charge in [0.05, 0.1) is 6.61 Å². The molecular formula is C27H26N2O6. The summed E-state index contributed by atoms with van der Waals surface area (Å²) in [6.45, 7) is -0.618. The molecule has 8 heteroatoms. The number of carbonyl (C=O) groups is 3. The smallest absolute Gasteiger partial charge is 0.407 e. The minimum absolute atomic E-state index is 0.0886. The molecule has 0 saturated heterocycles. The Balaban J connectivity index is 1.47. The number of hydrogen-bond donors (Lipinski definition) is 2. The van der Waals surface area contributed by atoms with Crippen LogP contribution in [-0.4, -0.2) is 56.0 Å². The molecule has 4 rings (SSSR count). The molecule has 2 N–H and O–H groups in total. The summed E-state index contributed by atoms with van der Waals surface area (Å²) >= 11 is 0. The second-order valence-electron chi connectivity index (χ2n) is 8.13. The van der Waals surface area contributed by atoms with E-state index in [0.717, 1.165) is 27.2 Å². The van der Waals surface area contributed by atoms with Crippen LogP contribution in [0.1, 0.15) is 17.0 Å². The highest BCUT2D eigenvalue weighted by Gasteiger charge is 2.31. The quantitative estimate of drug-likeness (QED) is 0.490. The Kier molecular flexibility index (Phi) is 7.42. The van der Waals surface area contributed by atoms with E-state index in [2.05, 4.69) is 5.32 Å². The third-order valence-electron chi connectivity index (χ3n) is 5.89. The number of anilines is 1. The highest BCUT2D eigenvalue weighted by atomic mass is 16.5. The van der Waals surface area contributed by atoms with Crippen LogP contribution in [0.2, 0.25) is 0 Å². The Morgan fingerprint density at radius 2 is 1.49 bits per heavy atom. The van der Waals surface area contributed by atoms with Gasteiger partial charge in [0.25, 0.3) is 5.91 Å². The van der Waals surface area contributed by atoms with Gasteiger partial charge < -0.3 is 19.9 Å². The van der Waals surface area contributed by atoms with Crippen LogP contribution in [0.3, 0.4) is 0 Å². The van der Waals surface area contributed by atoms with Crippen molar-refractivity contribution in [2.45, 2.75) is 12.0 Å². The van der Waals surface area contributed by atoms with Crippen molar-refractivity contribution in [2.24, 2.45) is 0 Å². The van der Waals surface area contributed by atoms with E-state index in [-0.39, 0.29) is 19.1 Å². The Bertz CT molecular complexity index is 1170. The molecule has 8 nitrogen and oxygen atoms in total. The lowest BCUT2D eigenvalue weighted by molar-refractivity contribution is -0.137. The third-order valence-corrected chi connectivity index (χ3v) is 5.89. The second-order valence-corrected chi connectivity index (χ2v) is 8.13. The van der Waals surface area contributed by atoms with E-state index in [9.17, 15) is 19.5 Å². The maximum Gasteiger partial charge on any atom is 0.407 e. The van der Waals surface area contributed by atoms with Crippen LogP contribution in [0, 0.1) is 0 Å². The van der Waals surface area contributed by atoms with Gasteiger partial charge in [0.15, 0.2) is 0 Å². The van der Waals surface area contributed by atoms with Crippen LogP contribution in [-0.2, 0) is 19.1 Å². The van der Waals surface area contributed by atoms with Crippen molar-refractivity contribution in [1.29, 1.82) is 0 Å². The first-order valence-corrected chi connectivity index (χ1v) is 11.2. The van der Waals surface area contributed by atoms with E-state index >= 15 is 0 Å². The average molecular weight is 475 g/mol. The van der Waals surface area contributed by atoms with Crippen molar-refractivity contribution in [3.8, 4) is 11.1 Å². The molecule has 0 aromatic heterocycles. The first kappa shape index (κ1) is 24.0. The van der Waals surface area contributed by atoms with Crippen molar-refractivity contribution < 1.29 is 29.0 Å². The first-order chi connectivity index (χ1) is 17.0. The summed E-state index contributed by atoms with van der Waals surface area (Å²) in [5.74, 6) is -1.92. The fraction of sp³-hybridized carbons (Fsp3) is 0.222. The van der Waals surface area contributed by atoms with Crippen LogP contribution in [0.25, 0.3) is 11.1 Å². The zero-order valence-electron chi connectivity index (χ0n) is 19.2. The molecule has 0 spiro atoms.